The SMILES string of the molecule is CCCNC(=O)C(Cc1ccccc1)N(Cc1ccc(Cl)c(Cl)c1)C(=O)CSCc1c(Cl)cccc1Cl. The van der Waals surface area contributed by atoms with Gasteiger partial charge in [0.05, 0.1) is 15.8 Å². The summed E-state index contributed by atoms with van der Waals surface area (Å²) in [4.78, 5) is 28.6. The summed E-state index contributed by atoms with van der Waals surface area (Å²) in [5.41, 5.74) is 2.52. The molecule has 196 valence electrons. The van der Waals surface area contributed by atoms with Crippen LogP contribution < -0.4 is 5.32 Å². The summed E-state index contributed by atoms with van der Waals surface area (Å²) >= 11 is 26.4. The lowest BCUT2D eigenvalue weighted by Gasteiger charge is -2.31. The number of halogens is 4. The largest absolute Gasteiger partial charge is 0.354 e. The number of thioether (sulfide) groups is 1. The number of carbonyl (C=O) groups excluding carboxylic acids is 2. The van der Waals surface area contributed by atoms with Gasteiger partial charge in [-0.25, -0.2) is 0 Å². The third-order valence-electron chi connectivity index (χ3n) is 5.69. The molecule has 0 aliphatic heterocycles. The van der Waals surface area contributed by atoms with Crippen LogP contribution in [0.1, 0.15) is 30.0 Å². The molecule has 0 aliphatic rings. The molecule has 4 nitrogen and oxygen atoms in total. The summed E-state index contributed by atoms with van der Waals surface area (Å²) in [7, 11) is 0. The van der Waals surface area contributed by atoms with Crippen molar-refractivity contribution in [3.05, 3.63) is 104 Å². The molecule has 0 fully saturated rings. The fourth-order valence-corrected chi connectivity index (χ4v) is 5.72. The van der Waals surface area contributed by atoms with Gasteiger partial charge >= 0.3 is 0 Å². The first kappa shape index (κ1) is 29.7. The molecule has 0 aromatic heterocycles. The zero-order chi connectivity index (χ0) is 26.8. The second-order valence-corrected chi connectivity index (χ2v) is 11.1. The number of benzene rings is 3. The molecule has 0 aliphatic carbocycles. The fraction of sp³-hybridized carbons (Fsp3) is 0.286. The van der Waals surface area contributed by atoms with Crippen molar-refractivity contribution in [1.82, 2.24) is 10.2 Å². The maximum atomic E-state index is 13.7. The van der Waals surface area contributed by atoms with Crippen LogP contribution in [0.4, 0.5) is 0 Å². The van der Waals surface area contributed by atoms with Crippen LogP contribution in [0.5, 0.6) is 0 Å². The highest BCUT2D eigenvalue weighted by atomic mass is 35.5. The van der Waals surface area contributed by atoms with Gasteiger partial charge in [0.15, 0.2) is 0 Å². The lowest BCUT2D eigenvalue weighted by molar-refractivity contribution is -0.139. The van der Waals surface area contributed by atoms with E-state index in [2.05, 4.69) is 5.32 Å². The Kier molecular flexibility index (Phi) is 11.9. The number of hydrogen-bond acceptors (Lipinski definition) is 3. The number of hydrogen-bond donors (Lipinski definition) is 1. The molecular weight excluding hydrogens is 570 g/mol. The van der Waals surface area contributed by atoms with E-state index in [1.807, 2.05) is 43.3 Å². The third kappa shape index (κ3) is 8.83. The van der Waals surface area contributed by atoms with E-state index in [0.29, 0.717) is 38.8 Å². The number of nitrogens with zero attached hydrogens (tertiary/aromatic N) is 1. The van der Waals surface area contributed by atoms with Crippen molar-refractivity contribution in [3.63, 3.8) is 0 Å². The lowest BCUT2D eigenvalue weighted by Crippen LogP contribution is -2.51. The van der Waals surface area contributed by atoms with Gasteiger partial charge in [-0.2, -0.15) is 0 Å². The first-order chi connectivity index (χ1) is 17.8. The Morgan fingerprint density at radius 1 is 0.865 bits per heavy atom. The van der Waals surface area contributed by atoms with Gasteiger partial charge in [-0.05, 0) is 47.4 Å². The number of carbonyl (C=O) groups is 2. The quantitative estimate of drug-likeness (QED) is 0.233. The van der Waals surface area contributed by atoms with E-state index < -0.39 is 6.04 Å². The summed E-state index contributed by atoms with van der Waals surface area (Å²) in [6.45, 7) is 2.72. The van der Waals surface area contributed by atoms with Crippen molar-refractivity contribution in [2.45, 2.75) is 38.1 Å². The molecule has 0 saturated heterocycles. The molecule has 3 aromatic rings. The molecule has 0 spiro atoms. The van der Waals surface area contributed by atoms with E-state index in [-0.39, 0.29) is 24.1 Å². The minimum Gasteiger partial charge on any atom is -0.354 e. The average molecular weight is 598 g/mol. The predicted molar refractivity (Wildman–Crippen MR) is 157 cm³/mol. The van der Waals surface area contributed by atoms with Gasteiger partial charge in [-0.15, -0.1) is 11.8 Å². The van der Waals surface area contributed by atoms with Gasteiger partial charge in [-0.3, -0.25) is 9.59 Å². The van der Waals surface area contributed by atoms with Crippen molar-refractivity contribution < 1.29 is 9.59 Å². The summed E-state index contributed by atoms with van der Waals surface area (Å²) in [6, 6.07) is 19.5. The van der Waals surface area contributed by atoms with E-state index >= 15 is 0 Å². The maximum Gasteiger partial charge on any atom is 0.243 e. The minimum atomic E-state index is -0.708. The van der Waals surface area contributed by atoms with Crippen LogP contribution in [0, 0.1) is 0 Å². The molecule has 0 radical (unpaired) electrons. The van der Waals surface area contributed by atoms with Gasteiger partial charge in [0.25, 0.3) is 0 Å². The van der Waals surface area contributed by atoms with Gasteiger partial charge in [0, 0.05) is 35.3 Å². The number of rotatable bonds is 12. The third-order valence-corrected chi connectivity index (χ3v) is 8.08. The second kappa shape index (κ2) is 14.9. The summed E-state index contributed by atoms with van der Waals surface area (Å²) in [5, 5.41) is 4.90. The summed E-state index contributed by atoms with van der Waals surface area (Å²) < 4.78 is 0. The molecule has 3 aromatic carbocycles. The minimum absolute atomic E-state index is 0.148. The Labute approximate surface area is 242 Å². The zero-order valence-electron chi connectivity index (χ0n) is 20.4. The predicted octanol–water partition coefficient (Wildman–Crippen LogP) is 7.70. The zero-order valence-corrected chi connectivity index (χ0v) is 24.2. The molecule has 0 heterocycles. The Morgan fingerprint density at radius 2 is 1.57 bits per heavy atom. The van der Waals surface area contributed by atoms with E-state index in [1.54, 1.807) is 35.2 Å². The number of amides is 2. The first-order valence-corrected chi connectivity index (χ1v) is 14.5. The maximum absolute atomic E-state index is 13.7. The van der Waals surface area contributed by atoms with Gasteiger partial charge in [-0.1, -0.05) is 95.8 Å². The normalized spacial score (nSPS) is 11.7. The van der Waals surface area contributed by atoms with E-state index in [1.165, 1.54) is 11.8 Å². The van der Waals surface area contributed by atoms with Crippen LogP contribution >= 0.6 is 58.2 Å². The van der Waals surface area contributed by atoms with Crippen LogP contribution in [-0.4, -0.2) is 35.1 Å². The van der Waals surface area contributed by atoms with Crippen molar-refractivity contribution in [2.24, 2.45) is 0 Å². The molecular formula is C28H28Cl4N2O2S. The van der Waals surface area contributed by atoms with Gasteiger partial charge < -0.3 is 10.2 Å². The monoisotopic (exact) mass is 596 g/mol. The Morgan fingerprint density at radius 3 is 2.22 bits per heavy atom. The Bertz CT molecular complexity index is 1190. The Hall–Kier alpha value is -1.89. The molecule has 0 bridgehead atoms. The topological polar surface area (TPSA) is 49.4 Å². The summed E-state index contributed by atoms with van der Waals surface area (Å²) in [5.74, 6) is 0.246. The van der Waals surface area contributed by atoms with Crippen molar-refractivity contribution in [2.75, 3.05) is 12.3 Å². The van der Waals surface area contributed by atoms with E-state index in [4.69, 9.17) is 46.4 Å². The first-order valence-electron chi connectivity index (χ1n) is 11.9. The molecule has 2 amide bonds. The average Bonchev–Trinajstić information content (AvgIpc) is 2.89. The van der Waals surface area contributed by atoms with Crippen molar-refractivity contribution in [1.29, 1.82) is 0 Å². The van der Waals surface area contributed by atoms with Crippen LogP contribution in [0.15, 0.2) is 66.7 Å². The Balaban J connectivity index is 1.87. The smallest absolute Gasteiger partial charge is 0.243 e. The van der Waals surface area contributed by atoms with Gasteiger partial charge in [0.1, 0.15) is 6.04 Å². The van der Waals surface area contributed by atoms with Crippen LogP contribution in [0.25, 0.3) is 0 Å². The highest BCUT2D eigenvalue weighted by Gasteiger charge is 2.30. The van der Waals surface area contributed by atoms with Gasteiger partial charge in [0.2, 0.25) is 11.8 Å². The molecule has 1 N–H and O–H groups in total. The molecule has 1 atom stereocenters. The molecule has 37 heavy (non-hydrogen) atoms. The highest BCUT2D eigenvalue weighted by Crippen LogP contribution is 2.29. The highest BCUT2D eigenvalue weighted by molar-refractivity contribution is 7.99. The molecule has 3 rings (SSSR count). The number of nitrogens with one attached hydrogen (secondary N) is 1. The van der Waals surface area contributed by atoms with E-state index in [9.17, 15) is 9.59 Å². The van der Waals surface area contributed by atoms with Crippen LogP contribution in [0.3, 0.4) is 0 Å². The lowest BCUT2D eigenvalue weighted by atomic mass is 10.0. The summed E-state index contributed by atoms with van der Waals surface area (Å²) in [6.07, 6.45) is 1.17. The molecule has 9 heteroatoms. The molecule has 0 saturated carbocycles. The second-order valence-electron chi connectivity index (χ2n) is 8.46. The van der Waals surface area contributed by atoms with Crippen molar-refractivity contribution >= 4 is 70.0 Å². The van der Waals surface area contributed by atoms with Crippen molar-refractivity contribution in [3.8, 4) is 0 Å². The van der Waals surface area contributed by atoms with E-state index in [0.717, 1.165) is 23.1 Å². The molecule has 1 unspecified atom stereocenters. The van der Waals surface area contributed by atoms with Crippen LogP contribution in [0.2, 0.25) is 20.1 Å². The fourth-order valence-electron chi connectivity index (χ4n) is 3.75. The van der Waals surface area contributed by atoms with Crippen LogP contribution in [-0.2, 0) is 28.3 Å². The standard InChI is InChI=1S/C28H28Cl4N2O2S/c1-2-13-33-28(36)26(15-19-7-4-3-5-8-19)34(16-20-11-12-24(31)25(32)14-20)27(35)18-37-17-21-22(29)9-6-10-23(21)30/h3-12,14,26H,2,13,15-18H2,1H3,(H,33,36).